The van der Waals surface area contributed by atoms with Gasteiger partial charge in [-0.05, 0) is 37.0 Å². The molecule has 0 aromatic heterocycles. The molecule has 0 spiro atoms. The van der Waals surface area contributed by atoms with Gasteiger partial charge in [0.2, 0.25) is 0 Å². The fourth-order valence-corrected chi connectivity index (χ4v) is 2.86. The second kappa shape index (κ2) is 8.30. The molecular formula is C18H27NO3. The average molecular weight is 305 g/mol. The normalized spacial score (nSPS) is 17.2. The Labute approximate surface area is 133 Å². The molecule has 1 heterocycles. The third-order valence-electron chi connectivity index (χ3n) is 4.25. The molecule has 1 aromatic carbocycles. The summed E-state index contributed by atoms with van der Waals surface area (Å²) in [5, 5.41) is 0. The van der Waals surface area contributed by atoms with Crippen molar-refractivity contribution in [1.82, 2.24) is 4.90 Å². The number of carbonyl (C=O) groups is 1. The predicted octanol–water partition coefficient (Wildman–Crippen LogP) is 2.88. The number of hydrogen-bond acceptors (Lipinski definition) is 4. The van der Waals surface area contributed by atoms with Gasteiger partial charge in [-0.15, -0.1) is 0 Å². The van der Waals surface area contributed by atoms with Crippen molar-refractivity contribution in [1.29, 1.82) is 0 Å². The number of rotatable bonds is 6. The summed E-state index contributed by atoms with van der Waals surface area (Å²) >= 11 is 0. The van der Waals surface area contributed by atoms with E-state index in [4.69, 9.17) is 9.47 Å². The highest BCUT2D eigenvalue weighted by Crippen LogP contribution is 2.24. The van der Waals surface area contributed by atoms with Crippen LogP contribution in [0, 0.1) is 6.92 Å². The molecule has 1 saturated heterocycles. The largest absolute Gasteiger partial charge is 0.466 e. The van der Waals surface area contributed by atoms with Crippen molar-refractivity contribution in [3.63, 3.8) is 0 Å². The standard InChI is InChI=1S/C18H27NO3/c1-4-17(18(20)22-5-2)15-7-6-14(3)16(12-15)13-19-8-10-21-11-9-19/h6-7,12,17H,4-5,8-11,13H2,1-3H3. The summed E-state index contributed by atoms with van der Waals surface area (Å²) in [7, 11) is 0. The maximum Gasteiger partial charge on any atom is 0.313 e. The van der Waals surface area contributed by atoms with Gasteiger partial charge < -0.3 is 9.47 Å². The van der Waals surface area contributed by atoms with Crippen LogP contribution >= 0.6 is 0 Å². The molecule has 4 nitrogen and oxygen atoms in total. The van der Waals surface area contributed by atoms with Crippen molar-refractivity contribution in [3.05, 3.63) is 34.9 Å². The smallest absolute Gasteiger partial charge is 0.313 e. The summed E-state index contributed by atoms with van der Waals surface area (Å²) in [5.74, 6) is -0.282. The maximum atomic E-state index is 12.1. The fourth-order valence-electron chi connectivity index (χ4n) is 2.86. The number of hydrogen-bond donors (Lipinski definition) is 0. The Morgan fingerprint density at radius 2 is 2.05 bits per heavy atom. The van der Waals surface area contributed by atoms with Crippen molar-refractivity contribution in [2.45, 2.75) is 39.7 Å². The van der Waals surface area contributed by atoms with Gasteiger partial charge >= 0.3 is 5.97 Å². The van der Waals surface area contributed by atoms with E-state index in [9.17, 15) is 4.79 Å². The molecule has 1 atom stereocenters. The van der Waals surface area contributed by atoms with E-state index in [0.717, 1.165) is 44.8 Å². The minimum atomic E-state index is -0.163. The van der Waals surface area contributed by atoms with Crippen molar-refractivity contribution < 1.29 is 14.3 Å². The summed E-state index contributed by atoms with van der Waals surface area (Å²) < 4.78 is 10.6. The van der Waals surface area contributed by atoms with Crippen molar-refractivity contribution in [2.24, 2.45) is 0 Å². The number of carbonyl (C=O) groups excluding carboxylic acids is 1. The Morgan fingerprint density at radius 3 is 2.68 bits per heavy atom. The number of benzene rings is 1. The Balaban J connectivity index is 2.15. The molecule has 1 unspecified atom stereocenters. The average Bonchev–Trinajstić information content (AvgIpc) is 2.52. The van der Waals surface area contributed by atoms with E-state index in [1.54, 1.807) is 0 Å². The molecule has 0 saturated carbocycles. The molecule has 1 fully saturated rings. The first-order valence-corrected chi connectivity index (χ1v) is 8.21. The molecule has 1 aliphatic rings. The van der Waals surface area contributed by atoms with E-state index in [0.29, 0.717) is 6.61 Å². The zero-order chi connectivity index (χ0) is 15.9. The first kappa shape index (κ1) is 17.0. The zero-order valence-corrected chi connectivity index (χ0v) is 13.9. The van der Waals surface area contributed by atoms with Crippen LogP contribution in [-0.2, 0) is 20.8 Å². The van der Waals surface area contributed by atoms with Gasteiger partial charge in [-0.3, -0.25) is 9.69 Å². The summed E-state index contributed by atoms with van der Waals surface area (Å²) in [5.41, 5.74) is 3.63. The van der Waals surface area contributed by atoms with Gasteiger partial charge in [0, 0.05) is 19.6 Å². The van der Waals surface area contributed by atoms with Crippen molar-refractivity contribution in [2.75, 3.05) is 32.9 Å². The van der Waals surface area contributed by atoms with Gasteiger partial charge in [-0.2, -0.15) is 0 Å². The van der Waals surface area contributed by atoms with E-state index in [2.05, 4.69) is 30.0 Å². The fraction of sp³-hybridized carbons (Fsp3) is 0.611. The first-order valence-electron chi connectivity index (χ1n) is 8.21. The number of esters is 1. The van der Waals surface area contributed by atoms with Gasteiger partial charge in [0.15, 0.2) is 0 Å². The zero-order valence-electron chi connectivity index (χ0n) is 13.9. The van der Waals surface area contributed by atoms with E-state index in [1.807, 2.05) is 13.8 Å². The summed E-state index contributed by atoms with van der Waals surface area (Å²) in [6.07, 6.45) is 0.763. The van der Waals surface area contributed by atoms with E-state index < -0.39 is 0 Å². The van der Waals surface area contributed by atoms with Crippen LogP contribution in [0.4, 0.5) is 0 Å². The number of morpholine rings is 1. The third-order valence-corrected chi connectivity index (χ3v) is 4.25. The van der Waals surface area contributed by atoms with Crippen LogP contribution in [0.1, 0.15) is 42.9 Å². The second-order valence-electron chi connectivity index (χ2n) is 5.79. The Hall–Kier alpha value is -1.39. The molecule has 122 valence electrons. The molecule has 0 bridgehead atoms. The molecule has 22 heavy (non-hydrogen) atoms. The molecule has 0 radical (unpaired) electrons. The topological polar surface area (TPSA) is 38.8 Å². The lowest BCUT2D eigenvalue weighted by molar-refractivity contribution is -0.145. The van der Waals surface area contributed by atoms with E-state index in [-0.39, 0.29) is 11.9 Å². The quantitative estimate of drug-likeness (QED) is 0.758. The lowest BCUT2D eigenvalue weighted by Crippen LogP contribution is -2.35. The van der Waals surface area contributed by atoms with Crippen LogP contribution in [0.3, 0.4) is 0 Å². The molecule has 4 heteroatoms. The predicted molar refractivity (Wildman–Crippen MR) is 86.9 cm³/mol. The highest BCUT2D eigenvalue weighted by Gasteiger charge is 2.21. The van der Waals surface area contributed by atoms with Gasteiger partial charge in [-0.1, -0.05) is 25.1 Å². The molecule has 1 aliphatic heterocycles. The minimum absolute atomic E-state index is 0.119. The van der Waals surface area contributed by atoms with E-state index >= 15 is 0 Å². The monoisotopic (exact) mass is 305 g/mol. The van der Waals surface area contributed by atoms with Gasteiger partial charge in [0.05, 0.1) is 25.7 Å². The molecular weight excluding hydrogens is 278 g/mol. The number of aryl methyl sites for hydroxylation is 1. The number of ether oxygens (including phenoxy) is 2. The highest BCUT2D eigenvalue weighted by atomic mass is 16.5. The van der Waals surface area contributed by atoms with Crippen LogP contribution in [0.25, 0.3) is 0 Å². The van der Waals surface area contributed by atoms with Crippen LogP contribution in [0.2, 0.25) is 0 Å². The van der Waals surface area contributed by atoms with Gasteiger partial charge in [0.25, 0.3) is 0 Å². The van der Waals surface area contributed by atoms with Crippen LogP contribution in [0.15, 0.2) is 18.2 Å². The Kier molecular flexibility index (Phi) is 6.40. The summed E-state index contributed by atoms with van der Waals surface area (Å²) in [6, 6.07) is 6.35. The summed E-state index contributed by atoms with van der Waals surface area (Å²) in [6.45, 7) is 10.9. The Bertz CT molecular complexity index is 495. The van der Waals surface area contributed by atoms with Crippen molar-refractivity contribution >= 4 is 5.97 Å². The first-order chi connectivity index (χ1) is 10.7. The lowest BCUT2D eigenvalue weighted by Gasteiger charge is -2.27. The highest BCUT2D eigenvalue weighted by molar-refractivity contribution is 5.78. The van der Waals surface area contributed by atoms with Gasteiger partial charge in [-0.25, -0.2) is 0 Å². The van der Waals surface area contributed by atoms with Gasteiger partial charge in [0.1, 0.15) is 0 Å². The molecule has 0 N–H and O–H groups in total. The third kappa shape index (κ3) is 4.31. The molecule has 1 aromatic rings. The van der Waals surface area contributed by atoms with E-state index in [1.165, 1.54) is 11.1 Å². The van der Waals surface area contributed by atoms with Crippen molar-refractivity contribution in [3.8, 4) is 0 Å². The van der Waals surface area contributed by atoms with Crippen LogP contribution < -0.4 is 0 Å². The lowest BCUT2D eigenvalue weighted by atomic mass is 9.93. The second-order valence-corrected chi connectivity index (χ2v) is 5.79. The molecule has 0 amide bonds. The number of nitrogens with zero attached hydrogens (tertiary/aromatic N) is 1. The Morgan fingerprint density at radius 1 is 1.32 bits per heavy atom. The SMILES string of the molecule is CCOC(=O)C(CC)c1ccc(C)c(CN2CCOCC2)c1. The van der Waals surface area contributed by atoms with Crippen LogP contribution in [0.5, 0.6) is 0 Å². The van der Waals surface area contributed by atoms with Crippen LogP contribution in [-0.4, -0.2) is 43.8 Å². The summed E-state index contributed by atoms with van der Waals surface area (Å²) in [4.78, 5) is 14.5. The molecule has 2 rings (SSSR count). The molecule has 0 aliphatic carbocycles. The maximum absolute atomic E-state index is 12.1. The minimum Gasteiger partial charge on any atom is -0.466 e.